The molecule has 1 rings (SSSR count). The molecular weight excluding hydrogens is 291 g/mol. The molecule has 3 nitrogen and oxygen atoms in total. The molecule has 0 aliphatic carbocycles. The summed E-state index contributed by atoms with van der Waals surface area (Å²) in [6.45, 7) is 4.06. The Labute approximate surface area is 107 Å². The standard InChI is InChI=1S/C12H12BrFO3/c1-7(15)17-12(2,3)11(16)9-5-4-8(13)6-10(9)14/h4-6H,1-3H3. The second-order valence-electron chi connectivity index (χ2n) is 4.06. The van der Waals surface area contributed by atoms with E-state index in [4.69, 9.17) is 4.74 Å². The molecule has 0 saturated heterocycles. The first-order chi connectivity index (χ1) is 7.74. The zero-order valence-corrected chi connectivity index (χ0v) is 11.3. The van der Waals surface area contributed by atoms with E-state index in [0.29, 0.717) is 4.47 Å². The number of ether oxygens (including phenoxy) is 1. The third kappa shape index (κ3) is 3.36. The Morgan fingerprint density at radius 3 is 2.41 bits per heavy atom. The van der Waals surface area contributed by atoms with Crippen LogP contribution in [0.3, 0.4) is 0 Å². The highest BCUT2D eigenvalue weighted by molar-refractivity contribution is 9.10. The number of ketones is 1. The van der Waals surface area contributed by atoms with Crippen molar-refractivity contribution >= 4 is 27.7 Å². The summed E-state index contributed by atoms with van der Waals surface area (Å²) in [4.78, 5) is 22.9. The number of hydrogen-bond donors (Lipinski definition) is 0. The van der Waals surface area contributed by atoms with Crippen LogP contribution in [-0.2, 0) is 9.53 Å². The Hall–Kier alpha value is -1.23. The Kier molecular flexibility index (Phi) is 4.03. The van der Waals surface area contributed by atoms with Gasteiger partial charge in [0.2, 0.25) is 5.78 Å². The van der Waals surface area contributed by atoms with E-state index in [-0.39, 0.29) is 5.56 Å². The third-order valence-corrected chi connectivity index (χ3v) is 2.61. The van der Waals surface area contributed by atoms with Crippen molar-refractivity contribution in [3.8, 4) is 0 Å². The van der Waals surface area contributed by atoms with Crippen molar-refractivity contribution in [1.82, 2.24) is 0 Å². The molecule has 0 amide bonds. The summed E-state index contributed by atoms with van der Waals surface area (Å²) in [5, 5.41) is 0. The van der Waals surface area contributed by atoms with E-state index in [2.05, 4.69) is 15.9 Å². The van der Waals surface area contributed by atoms with Gasteiger partial charge in [-0.2, -0.15) is 0 Å². The molecule has 0 radical (unpaired) electrons. The number of carbonyl (C=O) groups excluding carboxylic acids is 2. The van der Waals surface area contributed by atoms with E-state index in [1.165, 1.54) is 32.9 Å². The minimum Gasteiger partial charge on any atom is -0.451 e. The summed E-state index contributed by atoms with van der Waals surface area (Å²) in [6, 6.07) is 4.10. The van der Waals surface area contributed by atoms with Crippen LogP contribution in [0.25, 0.3) is 0 Å². The van der Waals surface area contributed by atoms with Crippen LogP contribution in [0.5, 0.6) is 0 Å². The van der Waals surface area contributed by atoms with Crippen LogP contribution in [0.1, 0.15) is 31.1 Å². The largest absolute Gasteiger partial charge is 0.451 e. The number of hydrogen-bond acceptors (Lipinski definition) is 3. The first kappa shape index (κ1) is 13.8. The number of carbonyl (C=O) groups is 2. The lowest BCUT2D eigenvalue weighted by Crippen LogP contribution is -2.37. The van der Waals surface area contributed by atoms with Crippen LogP contribution in [-0.4, -0.2) is 17.4 Å². The highest BCUT2D eigenvalue weighted by Crippen LogP contribution is 2.22. The Morgan fingerprint density at radius 2 is 1.94 bits per heavy atom. The zero-order valence-electron chi connectivity index (χ0n) is 9.71. The van der Waals surface area contributed by atoms with Gasteiger partial charge in [0.05, 0.1) is 5.56 Å². The number of benzene rings is 1. The molecular formula is C12H12BrFO3. The molecule has 0 aliphatic rings. The highest BCUT2D eigenvalue weighted by atomic mass is 79.9. The Morgan fingerprint density at radius 1 is 1.35 bits per heavy atom. The van der Waals surface area contributed by atoms with Gasteiger partial charge in [-0.1, -0.05) is 15.9 Å². The molecule has 0 heterocycles. The molecule has 0 N–H and O–H groups in total. The number of Topliss-reactive ketones (excluding diaryl/α,β-unsaturated/α-hetero) is 1. The van der Waals surface area contributed by atoms with Gasteiger partial charge in [-0.15, -0.1) is 0 Å². The zero-order chi connectivity index (χ0) is 13.2. The van der Waals surface area contributed by atoms with Crippen LogP contribution in [0.15, 0.2) is 22.7 Å². The monoisotopic (exact) mass is 302 g/mol. The predicted molar refractivity (Wildman–Crippen MR) is 64.3 cm³/mol. The molecule has 1 aromatic carbocycles. The van der Waals surface area contributed by atoms with E-state index < -0.39 is 23.2 Å². The van der Waals surface area contributed by atoms with Crippen molar-refractivity contribution in [2.75, 3.05) is 0 Å². The molecule has 0 bridgehead atoms. The minimum atomic E-state index is -1.37. The smallest absolute Gasteiger partial charge is 0.303 e. The van der Waals surface area contributed by atoms with E-state index in [9.17, 15) is 14.0 Å². The molecule has 0 unspecified atom stereocenters. The summed E-state index contributed by atoms with van der Waals surface area (Å²) in [5.74, 6) is -1.80. The molecule has 0 atom stereocenters. The Balaban J connectivity index is 3.07. The van der Waals surface area contributed by atoms with Crippen LogP contribution < -0.4 is 0 Å². The molecule has 0 fully saturated rings. The number of rotatable bonds is 3. The van der Waals surface area contributed by atoms with Gasteiger partial charge >= 0.3 is 5.97 Å². The lowest BCUT2D eigenvalue weighted by atomic mass is 9.96. The van der Waals surface area contributed by atoms with Crippen LogP contribution in [0.2, 0.25) is 0 Å². The fourth-order valence-electron chi connectivity index (χ4n) is 1.40. The van der Waals surface area contributed by atoms with E-state index >= 15 is 0 Å². The van der Waals surface area contributed by atoms with Gasteiger partial charge in [-0.25, -0.2) is 4.39 Å². The fourth-order valence-corrected chi connectivity index (χ4v) is 1.74. The highest BCUT2D eigenvalue weighted by Gasteiger charge is 2.33. The summed E-state index contributed by atoms with van der Waals surface area (Å²) in [5.41, 5.74) is -1.47. The molecule has 1 aromatic rings. The van der Waals surface area contributed by atoms with Crippen molar-refractivity contribution in [2.45, 2.75) is 26.4 Å². The molecule has 0 saturated carbocycles. The van der Waals surface area contributed by atoms with E-state index in [0.717, 1.165) is 0 Å². The van der Waals surface area contributed by atoms with Crippen LogP contribution in [0.4, 0.5) is 4.39 Å². The normalized spacial score (nSPS) is 11.1. The van der Waals surface area contributed by atoms with Gasteiger partial charge in [-0.05, 0) is 32.0 Å². The van der Waals surface area contributed by atoms with Crippen LogP contribution in [0, 0.1) is 5.82 Å². The fraction of sp³-hybridized carbons (Fsp3) is 0.333. The van der Waals surface area contributed by atoms with Gasteiger partial charge in [-0.3, -0.25) is 9.59 Å². The van der Waals surface area contributed by atoms with Gasteiger partial charge in [0.25, 0.3) is 0 Å². The van der Waals surface area contributed by atoms with Crippen molar-refractivity contribution in [2.24, 2.45) is 0 Å². The van der Waals surface area contributed by atoms with E-state index in [1.54, 1.807) is 6.07 Å². The van der Waals surface area contributed by atoms with Crippen molar-refractivity contribution in [1.29, 1.82) is 0 Å². The number of esters is 1. The molecule has 0 aliphatic heterocycles. The molecule has 5 heteroatoms. The van der Waals surface area contributed by atoms with Crippen LogP contribution >= 0.6 is 15.9 Å². The topological polar surface area (TPSA) is 43.4 Å². The Bertz CT molecular complexity index is 469. The minimum absolute atomic E-state index is 0.0977. The summed E-state index contributed by atoms with van der Waals surface area (Å²) < 4.78 is 19.0. The maximum absolute atomic E-state index is 13.6. The van der Waals surface area contributed by atoms with Gasteiger partial charge in [0, 0.05) is 11.4 Å². The van der Waals surface area contributed by atoms with Gasteiger partial charge in [0.1, 0.15) is 5.82 Å². The number of halogens is 2. The summed E-state index contributed by atoms with van der Waals surface area (Å²) in [7, 11) is 0. The average molecular weight is 303 g/mol. The van der Waals surface area contributed by atoms with Gasteiger partial charge in [0.15, 0.2) is 5.60 Å². The predicted octanol–water partition coefficient (Wildman–Crippen LogP) is 3.11. The average Bonchev–Trinajstić information content (AvgIpc) is 2.14. The molecule has 17 heavy (non-hydrogen) atoms. The third-order valence-electron chi connectivity index (χ3n) is 2.12. The summed E-state index contributed by atoms with van der Waals surface area (Å²) in [6.07, 6.45) is 0. The quantitative estimate of drug-likeness (QED) is 0.636. The lowest BCUT2D eigenvalue weighted by molar-refractivity contribution is -0.149. The first-order valence-electron chi connectivity index (χ1n) is 4.93. The molecule has 92 valence electrons. The SMILES string of the molecule is CC(=O)OC(C)(C)C(=O)c1ccc(Br)cc1F. The maximum atomic E-state index is 13.6. The first-order valence-corrected chi connectivity index (χ1v) is 5.73. The maximum Gasteiger partial charge on any atom is 0.303 e. The molecule has 0 spiro atoms. The molecule has 0 aromatic heterocycles. The lowest BCUT2D eigenvalue weighted by Gasteiger charge is -2.23. The van der Waals surface area contributed by atoms with Gasteiger partial charge < -0.3 is 4.74 Å². The van der Waals surface area contributed by atoms with Crippen molar-refractivity contribution in [3.05, 3.63) is 34.1 Å². The van der Waals surface area contributed by atoms with E-state index in [1.807, 2.05) is 0 Å². The summed E-state index contributed by atoms with van der Waals surface area (Å²) >= 11 is 3.10. The second kappa shape index (κ2) is 4.96. The van der Waals surface area contributed by atoms with Crippen molar-refractivity contribution < 1.29 is 18.7 Å². The van der Waals surface area contributed by atoms with Crippen molar-refractivity contribution in [3.63, 3.8) is 0 Å². The second-order valence-corrected chi connectivity index (χ2v) is 4.97.